The van der Waals surface area contributed by atoms with E-state index in [0.717, 1.165) is 6.08 Å². The van der Waals surface area contributed by atoms with Crippen LogP contribution < -0.4 is 0 Å². The van der Waals surface area contributed by atoms with Gasteiger partial charge in [0.1, 0.15) is 18.0 Å². The molecule has 11 nitrogen and oxygen atoms in total. The lowest BCUT2D eigenvalue weighted by molar-refractivity contribution is -0.134. The Bertz CT molecular complexity index is 1610. The molecule has 6 atom stereocenters. The minimum Gasteiger partial charge on any atom is -0.458 e. The van der Waals surface area contributed by atoms with Crippen molar-refractivity contribution in [2.45, 2.75) is 53.7 Å². The molecule has 0 amide bonds. The minimum atomic E-state index is -4.30. The lowest BCUT2D eigenvalue weighted by Gasteiger charge is -2.30. The predicted octanol–water partition coefficient (Wildman–Crippen LogP) is 4.46. The van der Waals surface area contributed by atoms with Crippen LogP contribution in [-0.4, -0.2) is 90.0 Å². The Kier molecular flexibility index (Phi) is 13.2. The number of rotatable bonds is 17. The van der Waals surface area contributed by atoms with Gasteiger partial charge in [-0.2, -0.15) is 0 Å². The van der Waals surface area contributed by atoms with Gasteiger partial charge in [-0.25, -0.2) is 18.0 Å². The van der Waals surface area contributed by atoms with Crippen LogP contribution in [0.25, 0.3) is 0 Å². The first-order valence-electron chi connectivity index (χ1n) is 15.3. The van der Waals surface area contributed by atoms with Gasteiger partial charge in [-0.3, -0.25) is 4.79 Å². The molecule has 0 bridgehead atoms. The molecule has 1 saturated heterocycles. The topological polar surface area (TPSA) is 141 Å². The van der Waals surface area contributed by atoms with Crippen LogP contribution in [0.2, 0.25) is 0 Å². The molecule has 4 rings (SSSR count). The van der Waals surface area contributed by atoms with E-state index in [2.05, 4.69) is 6.58 Å². The average Bonchev–Trinajstić information content (AvgIpc) is 3.45. The van der Waals surface area contributed by atoms with Crippen molar-refractivity contribution >= 4 is 27.6 Å². The molecule has 3 aromatic carbocycles. The molecule has 1 heterocycles. The zero-order chi connectivity index (χ0) is 34.7. The number of methoxy groups -OCH3 is 3. The SMILES string of the molecule is C=CC(=O)C([C@H]1C(CC(OC)OC)OC(CC(COC(=O)c2ccccc2)OC(=O)c2ccccc2)C1OC)S(=O)(=O)c1ccccc1. The van der Waals surface area contributed by atoms with Crippen LogP contribution in [0.1, 0.15) is 33.6 Å². The summed E-state index contributed by atoms with van der Waals surface area (Å²) in [6.07, 6.45) is -3.78. The van der Waals surface area contributed by atoms with Crippen molar-refractivity contribution in [1.29, 1.82) is 0 Å². The minimum absolute atomic E-state index is 0.0384. The molecule has 3 aromatic rings. The molecule has 256 valence electrons. The Balaban J connectivity index is 1.70. The zero-order valence-electron chi connectivity index (χ0n) is 27.0. The van der Waals surface area contributed by atoms with Gasteiger partial charge in [0.25, 0.3) is 0 Å². The molecule has 0 saturated carbocycles. The third kappa shape index (κ3) is 8.82. The van der Waals surface area contributed by atoms with E-state index in [0.29, 0.717) is 5.56 Å². The summed E-state index contributed by atoms with van der Waals surface area (Å²) in [5.74, 6) is -3.10. The third-order valence-corrected chi connectivity index (χ3v) is 10.3. The molecule has 5 unspecified atom stereocenters. The van der Waals surface area contributed by atoms with Crippen LogP contribution in [0, 0.1) is 5.92 Å². The Labute approximate surface area is 280 Å². The highest BCUT2D eigenvalue weighted by Crippen LogP contribution is 2.41. The molecule has 0 aliphatic carbocycles. The number of hydrogen-bond donors (Lipinski definition) is 0. The molecular formula is C36H40O11S. The molecule has 48 heavy (non-hydrogen) atoms. The molecule has 0 N–H and O–H groups in total. The lowest BCUT2D eigenvalue weighted by atomic mass is 9.87. The van der Waals surface area contributed by atoms with Crippen molar-refractivity contribution in [1.82, 2.24) is 0 Å². The molecule has 1 fully saturated rings. The van der Waals surface area contributed by atoms with Crippen LogP contribution >= 0.6 is 0 Å². The van der Waals surface area contributed by atoms with Crippen molar-refractivity contribution in [3.63, 3.8) is 0 Å². The fourth-order valence-corrected chi connectivity index (χ4v) is 7.84. The Morgan fingerprint density at radius 2 is 1.33 bits per heavy atom. The molecular weight excluding hydrogens is 640 g/mol. The highest BCUT2D eigenvalue weighted by atomic mass is 32.2. The number of ketones is 1. The summed E-state index contributed by atoms with van der Waals surface area (Å²) >= 11 is 0. The third-order valence-electron chi connectivity index (χ3n) is 8.17. The number of ether oxygens (including phenoxy) is 6. The maximum absolute atomic E-state index is 14.1. The average molecular weight is 681 g/mol. The Morgan fingerprint density at radius 3 is 1.85 bits per heavy atom. The fraction of sp³-hybridized carbons (Fsp3) is 0.361. The molecule has 0 aromatic heterocycles. The summed E-state index contributed by atoms with van der Waals surface area (Å²) < 4.78 is 62.8. The van der Waals surface area contributed by atoms with Gasteiger partial charge in [0, 0.05) is 40.1 Å². The number of allylic oxidation sites excluding steroid dienone is 1. The number of sulfone groups is 1. The van der Waals surface area contributed by atoms with Crippen LogP contribution in [0.4, 0.5) is 0 Å². The van der Waals surface area contributed by atoms with Gasteiger partial charge >= 0.3 is 11.9 Å². The van der Waals surface area contributed by atoms with Crippen LogP contribution in [0.3, 0.4) is 0 Å². The predicted molar refractivity (Wildman–Crippen MR) is 175 cm³/mol. The molecule has 0 radical (unpaired) electrons. The van der Waals surface area contributed by atoms with E-state index in [1.165, 1.54) is 33.5 Å². The normalized spacial score (nSPS) is 20.5. The first kappa shape index (κ1) is 36.6. The van der Waals surface area contributed by atoms with E-state index >= 15 is 0 Å². The first-order valence-corrected chi connectivity index (χ1v) is 16.9. The maximum Gasteiger partial charge on any atom is 0.338 e. The second-order valence-electron chi connectivity index (χ2n) is 11.1. The lowest BCUT2D eigenvalue weighted by Crippen LogP contribution is -2.47. The largest absolute Gasteiger partial charge is 0.458 e. The van der Waals surface area contributed by atoms with Crippen molar-refractivity contribution < 1.29 is 51.2 Å². The van der Waals surface area contributed by atoms with Gasteiger partial charge in [-0.05, 0) is 42.5 Å². The van der Waals surface area contributed by atoms with Crippen molar-refractivity contribution in [2.24, 2.45) is 5.92 Å². The van der Waals surface area contributed by atoms with Crippen molar-refractivity contribution in [3.05, 3.63) is 115 Å². The number of hydrogen-bond acceptors (Lipinski definition) is 11. The summed E-state index contributed by atoms with van der Waals surface area (Å²) in [5.41, 5.74) is 0.580. The Hall–Kier alpha value is -4.20. The van der Waals surface area contributed by atoms with Crippen LogP contribution in [-0.2, 0) is 43.1 Å². The molecule has 0 spiro atoms. The molecule has 1 aliphatic rings. The quantitative estimate of drug-likeness (QED) is 0.113. The van der Waals surface area contributed by atoms with Crippen molar-refractivity contribution in [2.75, 3.05) is 27.9 Å². The molecule has 1 aliphatic heterocycles. The van der Waals surface area contributed by atoms with E-state index in [1.54, 1.807) is 78.9 Å². The van der Waals surface area contributed by atoms with Crippen LogP contribution in [0.15, 0.2) is 109 Å². The van der Waals surface area contributed by atoms with Gasteiger partial charge in [0.2, 0.25) is 0 Å². The summed E-state index contributed by atoms with van der Waals surface area (Å²) in [7, 11) is -0.0622. The summed E-state index contributed by atoms with van der Waals surface area (Å²) in [6, 6.07) is 24.2. The van der Waals surface area contributed by atoms with Gasteiger partial charge in [0.05, 0.1) is 34.3 Å². The van der Waals surface area contributed by atoms with E-state index < -0.39 is 69.4 Å². The Morgan fingerprint density at radius 1 is 0.792 bits per heavy atom. The zero-order valence-corrected chi connectivity index (χ0v) is 27.8. The second-order valence-corrected chi connectivity index (χ2v) is 13.2. The summed E-state index contributed by atoms with van der Waals surface area (Å²) in [5, 5.41) is -1.65. The summed E-state index contributed by atoms with van der Waals surface area (Å²) in [4.78, 5) is 39.4. The van der Waals surface area contributed by atoms with Gasteiger partial charge in [-0.1, -0.05) is 61.2 Å². The summed E-state index contributed by atoms with van der Waals surface area (Å²) in [6.45, 7) is 3.23. The van der Waals surface area contributed by atoms with Crippen molar-refractivity contribution in [3.8, 4) is 0 Å². The fourth-order valence-electron chi connectivity index (χ4n) is 5.86. The van der Waals surface area contributed by atoms with Gasteiger partial charge < -0.3 is 28.4 Å². The van der Waals surface area contributed by atoms with E-state index in [9.17, 15) is 22.8 Å². The number of benzene rings is 3. The smallest absolute Gasteiger partial charge is 0.338 e. The van der Waals surface area contributed by atoms with Gasteiger partial charge in [0.15, 0.2) is 21.9 Å². The first-order chi connectivity index (χ1) is 23.1. The van der Waals surface area contributed by atoms with E-state index in [1.807, 2.05) is 0 Å². The van der Waals surface area contributed by atoms with Crippen LogP contribution in [0.5, 0.6) is 0 Å². The van der Waals surface area contributed by atoms with Gasteiger partial charge in [-0.15, -0.1) is 0 Å². The second kappa shape index (κ2) is 17.3. The van der Waals surface area contributed by atoms with E-state index in [-0.39, 0.29) is 29.9 Å². The number of carbonyl (C=O) groups is 3. The monoisotopic (exact) mass is 680 g/mol. The highest BCUT2D eigenvalue weighted by molar-refractivity contribution is 7.92. The number of carbonyl (C=O) groups excluding carboxylic acids is 3. The highest BCUT2D eigenvalue weighted by Gasteiger charge is 2.55. The molecule has 12 heteroatoms. The maximum atomic E-state index is 14.1. The number of esters is 2. The standard InChI is InChI=1S/C36H40O11S/c1-5-28(37)34(48(40,41)27-19-13-8-14-20-27)32-29(22-31(42-2)43-3)47-30(33(32)44-4)21-26(46-36(39)25-17-11-7-12-18-25)23-45-35(38)24-15-9-6-10-16-24/h5-20,26,29-34H,1,21-23H2,2-4H3/t26?,29?,30?,32-,33?,34?/m0/s1. The van der Waals surface area contributed by atoms with E-state index in [4.69, 9.17) is 28.4 Å².